The van der Waals surface area contributed by atoms with Crippen molar-refractivity contribution >= 4 is 0 Å². The summed E-state index contributed by atoms with van der Waals surface area (Å²) in [5.74, 6) is 0.910. The predicted octanol–water partition coefficient (Wildman–Crippen LogP) is 2.44. The second-order valence-electron chi connectivity index (χ2n) is 3.31. The molecular weight excluding hydrogens is 84.1 g/mol. The average molecular weight is 98.2 g/mol. The molecule has 0 spiro atoms. The van der Waals surface area contributed by atoms with E-state index < -0.39 is 0 Å². The molecule has 1 saturated carbocycles. The summed E-state index contributed by atoms with van der Waals surface area (Å²) in [6.45, 7) is 7.00. The second-order valence-corrected chi connectivity index (χ2v) is 3.31. The molecule has 0 aromatic heterocycles. The maximum Gasteiger partial charge on any atom is -0.0302 e. The van der Waals surface area contributed by atoms with Gasteiger partial charge in [-0.3, -0.25) is 0 Å². The van der Waals surface area contributed by atoms with Gasteiger partial charge in [0.05, 0.1) is 0 Å². The Morgan fingerprint density at radius 3 is 1.71 bits per heavy atom. The Balaban J connectivity index is 2.39. The molecule has 0 N–H and O–H groups in total. The van der Waals surface area contributed by atoms with Crippen molar-refractivity contribution in [2.24, 2.45) is 11.3 Å². The largest absolute Gasteiger partial charge is 0.0623 e. The molecule has 0 aliphatic heterocycles. The van der Waals surface area contributed by atoms with Crippen LogP contribution in [0.15, 0.2) is 0 Å². The predicted molar refractivity (Wildman–Crippen MR) is 32.2 cm³/mol. The van der Waals surface area contributed by atoms with E-state index in [1.807, 2.05) is 0 Å². The van der Waals surface area contributed by atoms with Crippen molar-refractivity contribution in [1.29, 1.82) is 0 Å². The topological polar surface area (TPSA) is 0 Å². The Bertz CT molecular complexity index is 68.1. The summed E-state index contributed by atoms with van der Waals surface area (Å²) in [6.07, 6.45) is 2.93. The fraction of sp³-hybridized carbons (Fsp3) is 1.00. The molecule has 42 valence electrons. The van der Waals surface area contributed by atoms with Crippen LogP contribution in [0.3, 0.4) is 0 Å². The number of hydrogen-bond donors (Lipinski definition) is 0. The van der Waals surface area contributed by atoms with Gasteiger partial charge in [-0.05, 0) is 24.2 Å². The Morgan fingerprint density at radius 2 is 1.71 bits per heavy atom. The monoisotopic (exact) mass is 98.1 g/mol. The number of hydrogen-bond acceptors (Lipinski definition) is 0. The van der Waals surface area contributed by atoms with E-state index in [4.69, 9.17) is 0 Å². The third-order valence-corrected chi connectivity index (χ3v) is 2.43. The van der Waals surface area contributed by atoms with E-state index in [0.717, 1.165) is 11.3 Å². The van der Waals surface area contributed by atoms with Gasteiger partial charge in [-0.15, -0.1) is 0 Å². The Kier molecular flexibility index (Phi) is 0.911. The highest BCUT2D eigenvalue weighted by atomic mass is 14.4. The minimum Gasteiger partial charge on any atom is -0.0623 e. The smallest absolute Gasteiger partial charge is 0.0302 e. The summed E-state index contributed by atoms with van der Waals surface area (Å²) in [4.78, 5) is 0. The highest BCUT2D eigenvalue weighted by molar-refractivity contribution is 4.90. The van der Waals surface area contributed by atoms with Crippen LogP contribution in [0.4, 0.5) is 0 Å². The van der Waals surface area contributed by atoms with E-state index in [1.54, 1.807) is 0 Å². The van der Waals surface area contributed by atoms with Gasteiger partial charge < -0.3 is 0 Å². The van der Waals surface area contributed by atoms with Gasteiger partial charge in [0.25, 0.3) is 0 Å². The van der Waals surface area contributed by atoms with E-state index in [0.29, 0.717) is 0 Å². The zero-order valence-corrected chi connectivity index (χ0v) is 5.49. The van der Waals surface area contributed by atoms with Crippen LogP contribution in [0.2, 0.25) is 0 Å². The molecule has 0 heteroatoms. The van der Waals surface area contributed by atoms with Gasteiger partial charge in [0, 0.05) is 0 Å². The Hall–Kier alpha value is 0. The van der Waals surface area contributed by atoms with Crippen molar-refractivity contribution in [2.45, 2.75) is 33.6 Å². The quantitative estimate of drug-likeness (QED) is 0.472. The summed E-state index contributed by atoms with van der Waals surface area (Å²) >= 11 is 0. The van der Waals surface area contributed by atoms with Crippen molar-refractivity contribution in [1.82, 2.24) is 0 Å². The molecule has 0 saturated heterocycles. The zero-order chi connectivity index (χ0) is 5.49. The molecule has 0 bridgehead atoms. The van der Waals surface area contributed by atoms with Crippen LogP contribution < -0.4 is 0 Å². The van der Waals surface area contributed by atoms with E-state index in [-0.39, 0.29) is 0 Å². The maximum atomic E-state index is 2.37. The van der Waals surface area contributed by atoms with Crippen LogP contribution in [0, 0.1) is 11.3 Å². The summed E-state index contributed by atoms with van der Waals surface area (Å²) in [7, 11) is 0. The molecule has 1 aliphatic carbocycles. The van der Waals surface area contributed by atoms with Crippen LogP contribution in [-0.2, 0) is 0 Å². The molecule has 1 rings (SSSR count). The molecule has 0 aromatic carbocycles. The highest BCUT2D eigenvalue weighted by Gasteiger charge is 2.39. The standard InChI is InChI=1S/C7H14/c1-6(2)7(3)4-5-7/h6H,4-5H2,1-3H3. The fourth-order valence-corrected chi connectivity index (χ4v) is 0.775. The van der Waals surface area contributed by atoms with Gasteiger partial charge in [0.2, 0.25) is 0 Å². The Labute approximate surface area is 45.9 Å². The first-order valence-electron chi connectivity index (χ1n) is 3.15. The van der Waals surface area contributed by atoms with Crippen molar-refractivity contribution in [2.75, 3.05) is 0 Å². The third kappa shape index (κ3) is 0.793. The molecular formula is C7H14. The maximum absolute atomic E-state index is 2.37. The van der Waals surface area contributed by atoms with E-state index in [1.165, 1.54) is 12.8 Å². The van der Waals surface area contributed by atoms with Gasteiger partial charge in [-0.2, -0.15) is 0 Å². The summed E-state index contributed by atoms with van der Waals surface area (Å²) < 4.78 is 0. The van der Waals surface area contributed by atoms with Gasteiger partial charge in [0.1, 0.15) is 0 Å². The second kappa shape index (κ2) is 1.24. The van der Waals surface area contributed by atoms with Gasteiger partial charge in [0.15, 0.2) is 0 Å². The summed E-state index contributed by atoms with van der Waals surface area (Å²) in [5, 5.41) is 0. The van der Waals surface area contributed by atoms with Crippen molar-refractivity contribution in [3.8, 4) is 0 Å². The fourth-order valence-electron chi connectivity index (χ4n) is 0.775. The zero-order valence-electron chi connectivity index (χ0n) is 5.49. The van der Waals surface area contributed by atoms with Crippen LogP contribution in [0.5, 0.6) is 0 Å². The molecule has 0 nitrogen and oxygen atoms in total. The first kappa shape index (κ1) is 5.14. The molecule has 1 aliphatic rings. The molecule has 7 heavy (non-hydrogen) atoms. The van der Waals surface area contributed by atoms with Crippen LogP contribution in [-0.4, -0.2) is 0 Å². The lowest BCUT2D eigenvalue weighted by molar-refractivity contribution is 0.397. The summed E-state index contributed by atoms with van der Waals surface area (Å²) in [6, 6.07) is 0. The summed E-state index contributed by atoms with van der Waals surface area (Å²) in [5.41, 5.74) is 0.750. The first-order chi connectivity index (χ1) is 3.15. The number of rotatable bonds is 1. The minimum atomic E-state index is 0.750. The molecule has 0 unspecified atom stereocenters. The van der Waals surface area contributed by atoms with Crippen molar-refractivity contribution in [3.63, 3.8) is 0 Å². The van der Waals surface area contributed by atoms with E-state index in [9.17, 15) is 0 Å². The molecule has 0 atom stereocenters. The lowest BCUT2D eigenvalue weighted by Crippen LogP contribution is -2.01. The minimum absolute atomic E-state index is 0.750. The highest BCUT2D eigenvalue weighted by Crippen LogP contribution is 2.50. The lowest BCUT2D eigenvalue weighted by atomic mass is 9.95. The van der Waals surface area contributed by atoms with Crippen LogP contribution in [0.1, 0.15) is 33.6 Å². The van der Waals surface area contributed by atoms with E-state index >= 15 is 0 Å². The lowest BCUT2D eigenvalue weighted by Gasteiger charge is -2.10. The first-order valence-corrected chi connectivity index (χ1v) is 3.15. The Morgan fingerprint density at radius 1 is 1.29 bits per heavy atom. The van der Waals surface area contributed by atoms with Gasteiger partial charge in [-0.25, -0.2) is 0 Å². The van der Waals surface area contributed by atoms with Crippen molar-refractivity contribution < 1.29 is 0 Å². The molecule has 1 fully saturated rings. The van der Waals surface area contributed by atoms with Crippen LogP contribution in [0.25, 0.3) is 0 Å². The average Bonchev–Trinajstić information content (AvgIpc) is 2.21. The van der Waals surface area contributed by atoms with Gasteiger partial charge >= 0.3 is 0 Å². The van der Waals surface area contributed by atoms with Crippen molar-refractivity contribution in [3.05, 3.63) is 0 Å². The normalized spacial score (nSPS) is 25.7. The molecule has 0 aromatic rings. The molecule has 0 radical (unpaired) electrons. The molecule has 0 heterocycles. The SMILES string of the molecule is CC(C)C1(C)CC1. The van der Waals surface area contributed by atoms with Crippen LogP contribution >= 0.6 is 0 Å². The van der Waals surface area contributed by atoms with E-state index in [2.05, 4.69) is 20.8 Å². The van der Waals surface area contributed by atoms with Gasteiger partial charge in [-0.1, -0.05) is 20.8 Å². The molecule has 0 amide bonds. The third-order valence-electron chi connectivity index (χ3n) is 2.43.